The Morgan fingerprint density at radius 3 is 1.56 bits per heavy atom. The maximum Gasteiger partial charge on any atom is 0.194 e. The van der Waals surface area contributed by atoms with E-state index in [1.165, 1.54) is 0 Å². The summed E-state index contributed by atoms with van der Waals surface area (Å²) < 4.78 is 0.712. The van der Waals surface area contributed by atoms with Gasteiger partial charge in [-0.25, -0.2) is 0 Å². The number of allylic oxidation sites excluding steroid dienone is 10. The molecule has 2 rings (SSSR count). The summed E-state index contributed by atoms with van der Waals surface area (Å²) in [6.07, 6.45) is 7.51. The lowest BCUT2D eigenvalue weighted by Gasteiger charge is -2.15. The Morgan fingerprint density at radius 1 is 0.722 bits per heavy atom. The van der Waals surface area contributed by atoms with Gasteiger partial charge in [-0.3, -0.25) is 9.59 Å². The van der Waals surface area contributed by atoms with Gasteiger partial charge >= 0.3 is 0 Å². The largest absolute Gasteiger partial charge is 0.289 e. The number of hydrogen-bond donors (Lipinski definition) is 0. The maximum absolute atomic E-state index is 11.7. The van der Waals surface area contributed by atoms with Gasteiger partial charge in [-0.2, -0.15) is 0 Å². The summed E-state index contributed by atoms with van der Waals surface area (Å²) in [5.74, 6) is 0.166. The summed E-state index contributed by atoms with van der Waals surface area (Å²) in [6.45, 7) is 5.45. The number of hydrogen-bond acceptors (Lipinski definition) is 2. The number of ketones is 2. The van der Waals surface area contributed by atoms with E-state index in [-0.39, 0.29) is 11.6 Å². The van der Waals surface area contributed by atoms with Crippen molar-refractivity contribution in [2.75, 3.05) is 0 Å². The van der Waals surface area contributed by atoms with Crippen molar-refractivity contribution in [3.63, 3.8) is 0 Å². The average molecular weight is 352 g/mol. The fraction of sp³-hybridized carbons (Fsp3) is 0.200. The van der Waals surface area contributed by atoms with Gasteiger partial charge in [-0.05, 0) is 95.5 Å². The summed E-state index contributed by atoms with van der Waals surface area (Å²) >= 11 is 2.05. The van der Waals surface area contributed by atoms with Crippen molar-refractivity contribution in [1.29, 1.82) is 0 Å². The zero-order chi connectivity index (χ0) is 13.4. The van der Waals surface area contributed by atoms with Crippen LogP contribution in [-0.4, -0.2) is 11.6 Å². The van der Waals surface area contributed by atoms with E-state index < -0.39 is 0 Å². The topological polar surface area (TPSA) is 34.1 Å². The normalized spacial score (nSPS) is 20.4. The first kappa shape index (κ1) is 13.2. The van der Waals surface area contributed by atoms with Gasteiger partial charge in [0.25, 0.3) is 0 Å². The van der Waals surface area contributed by atoms with Crippen molar-refractivity contribution >= 4 is 34.2 Å². The molecule has 0 fully saturated rings. The minimum absolute atomic E-state index is 0.0771. The number of Topliss-reactive ketones (excluding diaryl/α,β-unsaturated/α-hetero) is 2. The molecule has 0 aromatic carbocycles. The Bertz CT molecular complexity index is 508. The molecule has 3 heteroatoms. The molecule has 0 radical (unpaired) electrons. The molecule has 2 nitrogen and oxygen atoms in total. The summed E-state index contributed by atoms with van der Waals surface area (Å²) in [6, 6.07) is 0. The van der Waals surface area contributed by atoms with E-state index in [1.54, 1.807) is 0 Å². The molecule has 2 aliphatic rings. The summed E-state index contributed by atoms with van der Waals surface area (Å²) in [5.41, 5.74) is 4.19. The monoisotopic (exact) mass is 352 g/mol. The smallest absolute Gasteiger partial charge is 0.194 e. The first-order valence-corrected chi connectivity index (χ1v) is 6.74. The molecule has 0 atom stereocenters. The van der Waals surface area contributed by atoms with Crippen molar-refractivity contribution in [1.82, 2.24) is 0 Å². The Labute approximate surface area is 120 Å². The van der Waals surface area contributed by atoms with Gasteiger partial charge in [0.15, 0.2) is 11.6 Å². The van der Waals surface area contributed by atoms with E-state index in [1.807, 2.05) is 45.1 Å². The van der Waals surface area contributed by atoms with Gasteiger partial charge in [0.2, 0.25) is 0 Å². The van der Waals surface area contributed by atoms with Crippen LogP contribution in [0.25, 0.3) is 0 Å². The zero-order valence-electron chi connectivity index (χ0n) is 10.5. The van der Waals surface area contributed by atoms with E-state index in [0.717, 1.165) is 27.9 Å². The molecule has 0 N–H and O–H groups in total. The van der Waals surface area contributed by atoms with Crippen LogP contribution in [0.3, 0.4) is 0 Å². The van der Waals surface area contributed by atoms with E-state index in [0.29, 0.717) is 3.58 Å². The lowest BCUT2D eigenvalue weighted by Crippen LogP contribution is -2.09. The molecule has 0 unspecified atom stereocenters. The average Bonchev–Trinajstić information content (AvgIpc) is 2.31. The third kappa shape index (κ3) is 2.32. The van der Waals surface area contributed by atoms with Crippen LogP contribution in [0, 0.1) is 0 Å². The summed E-state index contributed by atoms with van der Waals surface area (Å²) in [4.78, 5) is 23.4. The van der Waals surface area contributed by atoms with Crippen LogP contribution in [0.5, 0.6) is 0 Å². The standard InChI is InChI=1S/C15H13IO2/c1-8-4-11(5-9(2)14(8)17)12-6-10(3)15(18)13(16)7-12/h4-7H,1-3H3. The van der Waals surface area contributed by atoms with Crippen LogP contribution in [0.4, 0.5) is 0 Å². The molecule has 0 bridgehead atoms. The number of rotatable bonds is 0. The van der Waals surface area contributed by atoms with Crippen molar-refractivity contribution in [2.24, 2.45) is 0 Å². The van der Waals surface area contributed by atoms with Crippen molar-refractivity contribution < 1.29 is 9.59 Å². The Balaban J connectivity index is 2.58. The van der Waals surface area contributed by atoms with Gasteiger partial charge in [0.1, 0.15) is 0 Å². The molecule has 0 aromatic rings. The van der Waals surface area contributed by atoms with E-state index in [9.17, 15) is 9.59 Å². The van der Waals surface area contributed by atoms with Gasteiger partial charge in [-0.15, -0.1) is 0 Å². The fourth-order valence-corrected chi connectivity index (χ4v) is 2.78. The molecule has 18 heavy (non-hydrogen) atoms. The van der Waals surface area contributed by atoms with Crippen molar-refractivity contribution in [3.8, 4) is 0 Å². The third-order valence-electron chi connectivity index (χ3n) is 3.02. The SMILES string of the molecule is CC1=CC(=C2C=C(C)C(=O)C(I)=C2)C=C(C)C1=O. The van der Waals surface area contributed by atoms with Crippen LogP contribution in [0.2, 0.25) is 0 Å². The van der Waals surface area contributed by atoms with Crippen molar-refractivity contribution in [3.05, 3.63) is 55.7 Å². The second-order valence-electron chi connectivity index (χ2n) is 4.54. The van der Waals surface area contributed by atoms with Gasteiger partial charge in [-0.1, -0.05) is 0 Å². The van der Waals surface area contributed by atoms with Gasteiger partial charge in [0, 0.05) is 0 Å². The Hall–Kier alpha value is -1.23. The van der Waals surface area contributed by atoms with Crippen molar-refractivity contribution in [2.45, 2.75) is 20.8 Å². The molecule has 2 aliphatic carbocycles. The molecule has 0 aliphatic heterocycles. The van der Waals surface area contributed by atoms with E-state index in [2.05, 4.69) is 22.6 Å². The first-order chi connectivity index (χ1) is 8.40. The fourth-order valence-electron chi connectivity index (χ4n) is 2.01. The highest BCUT2D eigenvalue weighted by Crippen LogP contribution is 2.28. The molecule has 0 saturated heterocycles. The number of halogens is 1. The Kier molecular flexibility index (Phi) is 3.52. The third-order valence-corrected chi connectivity index (χ3v) is 3.82. The number of carbonyl (C=O) groups excluding carboxylic acids is 2. The predicted octanol–water partition coefficient (Wildman–Crippen LogP) is 3.61. The van der Waals surface area contributed by atoms with E-state index >= 15 is 0 Å². The van der Waals surface area contributed by atoms with Gasteiger partial charge < -0.3 is 0 Å². The molecule has 0 heterocycles. The second-order valence-corrected chi connectivity index (χ2v) is 5.71. The van der Waals surface area contributed by atoms with Crippen LogP contribution < -0.4 is 0 Å². The lowest BCUT2D eigenvalue weighted by atomic mass is 9.90. The highest BCUT2D eigenvalue weighted by molar-refractivity contribution is 14.1. The minimum Gasteiger partial charge on any atom is -0.289 e. The highest BCUT2D eigenvalue weighted by atomic mass is 127. The quantitative estimate of drug-likeness (QED) is 0.625. The molecule has 0 amide bonds. The first-order valence-electron chi connectivity index (χ1n) is 5.66. The molecular formula is C15H13IO2. The van der Waals surface area contributed by atoms with Crippen LogP contribution in [-0.2, 0) is 9.59 Å². The lowest BCUT2D eigenvalue weighted by molar-refractivity contribution is -0.112. The molecular weight excluding hydrogens is 339 g/mol. The predicted molar refractivity (Wildman–Crippen MR) is 80.4 cm³/mol. The van der Waals surface area contributed by atoms with Gasteiger partial charge in [0.05, 0.1) is 3.58 Å². The molecule has 0 aromatic heterocycles. The maximum atomic E-state index is 11.7. The van der Waals surface area contributed by atoms with Crippen LogP contribution in [0.1, 0.15) is 20.8 Å². The number of carbonyl (C=O) groups is 2. The van der Waals surface area contributed by atoms with E-state index in [4.69, 9.17) is 0 Å². The highest BCUT2D eigenvalue weighted by Gasteiger charge is 2.18. The molecule has 0 saturated carbocycles. The Morgan fingerprint density at radius 2 is 1.11 bits per heavy atom. The summed E-state index contributed by atoms with van der Waals surface area (Å²) in [7, 11) is 0. The molecule has 0 spiro atoms. The van der Waals surface area contributed by atoms with Crippen LogP contribution >= 0.6 is 22.6 Å². The second kappa shape index (κ2) is 4.80. The molecule has 92 valence electrons. The minimum atomic E-state index is 0.0771. The summed E-state index contributed by atoms with van der Waals surface area (Å²) in [5, 5.41) is 0. The zero-order valence-corrected chi connectivity index (χ0v) is 12.7. The van der Waals surface area contributed by atoms with Crippen LogP contribution in [0.15, 0.2) is 55.7 Å².